The summed E-state index contributed by atoms with van der Waals surface area (Å²) in [4.78, 5) is 56.1. The van der Waals surface area contributed by atoms with Crippen LogP contribution in [0.3, 0.4) is 0 Å². The van der Waals surface area contributed by atoms with Gasteiger partial charge in [-0.05, 0) is 52.7 Å². The smallest absolute Gasteiger partial charge is 0.407 e. The number of benzene rings is 1. The lowest BCUT2D eigenvalue weighted by Gasteiger charge is -2.34. The number of hydrogen-bond donors (Lipinski definition) is 3. The fraction of sp³-hybridized carbons (Fsp3) is 0.500. The quantitative estimate of drug-likeness (QED) is 0.497. The number of nitrogens with zero attached hydrogens (tertiary/aromatic N) is 3. The molecule has 0 saturated carbocycles. The van der Waals surface area contributed by atoms with Crippen molar-refractivity contribution in [2.45, 2.75) is 58.2 Å². The Kier molecular flexibility index (Phi) is 8.86. The second-order valence-corrected chi connectivity index (χ2v) is 9.62. The van der Waals surface area contributed by atoms with Gasteiger partial charge in [0.2, 0.25) is 17.7 Å². The van der Waals surface area contributed by atoms with Crippen LogP contribution in [0.25, 0.3) is 0 Å². The molecule has 1 aliphatic rings. The lowest BCUT2D eigenvalue weighted by atomic mass is 10.0. The maximum absolute atomic E-state index is 13.1. The molecular weight excluding hydrogens is 446 g/mol. The van der Waals surface area contributed by atoms with Crippen LogP contribution in [-0.4, -0.2) is 73.8 Å². The largest absolute Gasteiger partial charge is 0.465 e. The number of carbonyl (C=O) groups excluding carboxylic acids is 3. The Morgan fingerprint density at radius 1 is 1.27 bits per heavy atom. The molecule has 2 atom stereocenters. The van der Waals surface area contributed by atoms with E-state index in [1.807, 2.05) is 18.2 Å². The van der Waals surface area contributed by atoms with Crippen molar-refractivity contribution in [2.75, 3.05) is 12.3 Å². The topological polar surface area (TPSA) is 145 Å². The zero-order valence-corrected chi connectivity index (χ0v) is 20.1. The number of hydrogen-bond acceptors (Lipinski definition) is 6. The first-order valence-electron chi connectivity index (χ1n) is 10.6. The Morgan fingerprint density at radius 3 is 2.45 bits per heavy atom. The number of nitrogens with two attached hydrogens (primary N) is 1. The molecule has 0 radical (unpaired) electrons. The van der Waals surface area contributed by atoms with Gasteiger partial charge in [-0.2, -0.15) is 0 Å². The second-order valence-electron chi connectivity index (χ2n) is 8.68. The van der Waals surface area contributed by atoms with Gasteiger partial charge in [0.05, 0.1) is 11.4 Å². The van der Waals surface area contributed by atoms with Crippen LogP contribution in [0, 0.1) is 0 Å². The van der Waals surface area contributed by atoms with Crippen molar-refractivity contribution in [3.05, 3.63) is 30.3 Å². The summed E-state index contributed by atoms with van der Waals surface area (Å²) >= 11 is 1.22. The van der Waals surface area contributed by atoms with Crippen LogP contribution < -0.4 is 11.1 Å². The minimum atomic E-state index is -1.06. The van der Waals surface area contributed by atoms with Gasteiger partial charge in [0.15, 0.2) is 5.17 Å². The third kappa shape index (κ3) is 7.21. The van der Waals surface area contributed by atoms with Crippen LogP contribution in [0.5, 0.6) is 0 Å². The van der Waals surface area contributed by atoms with E-state index in [1.165, 1.54) is 28.5 Å². The van der Waals surface area contributed by atoms with E-state index in [0.717, 1.165) is 0 Å². The van der Waals surface area contributed by atoms with Crippen LogP contribution in [-0.2, 0) is 14.4 Å². The zero-order valence-electron chi connectivity index (χ0n) is 19.3. The van der Waals surface area contributed by atoms with Crippen molar-refractivity contribution < 1.29 is 24.3 Å². The van der Waals surface area contributed by atoms with Crippen molar-refractivity contribution in [3.8, 4) is 0 Å². The number of primary amides is 1. The summed E-state index contributed by atoms with van der Waals surface area (Å²) in [6.45, 7) is 6.98. The molecule has 4 amide bonds. The molecule has 1 aromatic carbocycles. The van der Waals surface area contributed by atoms with E-state index >= 15 is 0 Å². The highest BCUT2D eigenvalue weighted by atomic mass is 32.2. The fourth-order valence-electron chi connectivity index (χ4n) is 3.30. The third-order valence-electron chi connectivity index (χ3n) is 5.08. The molecule has 33 heavy (non-hydrogen) atoms. The van der Waals surface area contributed by atoms with Gasteiger partial charge < -0.3 is 21.1 Å². The van der Waals surface area contributed by atoms with Crippen molar-refractivity contribution >= 4 is 46.4 Å². The summed E-state index contributed by atoms with van der Waals surface area (Å²) in [6, 6.07) is 7.16. The highest BCUT2D eigenvalue weighted by molar-refractivity contribution is 8.15. The van der Waals surface area contributed by atoms with E-state index in [0.29, 0.717) is 17.3 Å². The number of rotatable bonds is 9. The number of nitrogens with one attached hydrogen (secondary N) is 1. The Labute approximate surface area is 197 Å². The Balaban J connectivity index is 2.30. The summed E-state index contributed by atoms with van der Waals surface area (Å²) in [6.07, 6.45) is -0.568. The maximum atomic E-state index is 13.1. The summed E-state index contributed by atoms with van der Waals surface area (Å²) in [5.74, 6) is -1.40. The van der Waals surface area contributed by atoms with Gasteiger partial charge in [-0.1, -0.05) is 30.0 Å². The molecular formula is C22H31N5O5S. The van der Waals surface area contributed by atoms with Gasteiger partial charge >= 0.3 is 6.09 Å². The van der Waals surface area contributed by atoms with E-state index < -0.39 is 35.5 Å². The number of amidine groups is 1. The van der Waals surface area contributed by atoms with Crippen LogP contribution in [0.2, 0.25) is 0 Å². The summed E-state index contributed by atoms with van der Waals surface area (Å²) in [5, 5.41) is 12.5. The number of para-hydroxylation sites is 1. The van der Waals surface area contributed by atoms with Crippen LogP contribution >= 0.6 is 11.8 Å². The van der Waals surface area contributed by atoms with Crippen molar-refractivity contribution in [3.63, 3.8) is 0 Å². The van der Waals surface area contributed by atoms with Gasteiger partial charge in [-0.15, -0.1) is 0 Å². The molecule has 1 saturated heterocycles. The molecule has 0 spiro atoms. The van der Waals surface area contributed by atoms with Gasteiger partial charge in [-0.3, -0.25) is 19.3 Å². The molecule has 2 unspecified atom stereocenters. The lowest BCUT2D eigenvalue weighted by Crippen LogP contribution is -2.54. The SMILES string of the molecule is CC(NC(=O)C(CCCN(C(=O)O)C(C)(C)C)N1C(=O)CSC1=Nc1ccccc1)C(N)=O. The first-order valence-corrected chi connectivity index (χ1v) is 11.6. The summed E-state index contributed by atoms with van der Waals surface area (Å²) in [7, 11) is 0. The Hall–Kier alpha value is -3.08. The zero-order chi connectivity index (χ0) is 24.8. The molecule has 1 aromatic rings. The molecule has 0 aromatic heterocycles. The molecule has 1 heterocycles. The van der Waals surface area contributed by atoms with E-state index in [9.17, 15) is 24.3 Å². The standard InChI is InChI=1S/C22H31N5O5S/c1-14(18(23)29)24-19(30)16(11-8-12-26(21(31)32)22(2,3)4)27-17(28)13-33-20(27)25-15-9-6-5-7-10-15/h5-7,9-10,14,16H,8,11-13H2,1-4H3,(H2,23,29)(H,24,30)(H,31,32). The predicted octanol–water partition coefficient (Wildman–Crippen LogP) is 2.17. The first kappa shape index (κ1) is 26.2. The van der Waals surface area contributed by atoms with Gasteiger partial charge in [-0.25, -0.2) is 9.79 Å². The van der Waals surface area contributed by atoms with Crippen LogP contribution in [0.4, 0.5) is 10.5 Å². The van der Waals surface area contributed by atoms with Crippen molar-refractivity contribution in [1.29, 1.82) is 0 Å². The van der Waals surface area contributed by atoms with Gasteiger partial charge in [0.1, 0.15) is 12.1 Å². The summed E-state index contributed by atoms with van der Waals surface area (Å²) in [5.41, 5.74) is 5.29. The molecule has 1 aliphatic heterocycles. The minimum absolute atomic E-state index is 0.129. The van der Waals surface area contributed by atoms with E-state index in [4.69, 9.17) is 5.73 Å². The number of carbonyl (C=O) groups is 4. The monoisotopic (exact) mass is 477 g/mol. The highest BCUT2D eigenvalue weighted by Crippen LogP contribution is 2.27. The third-order valence-corrected chi connectivity index (χ3v) is 6.02. The van der Waals surface area contributed by atoms with Gasteiger partial charge in [0.25, 0.3) is 0 Å². The van der Waals surface area contributed by atoms with E-state index in [-0.39, 0.29) is 24.6 Å². The van der Waals surface area contributed by atoms with E-state index in [2.05, 4.69) is 10.3 Å². The fourth-order valence-corrected chi connectivity index (χ4v) is 4.23. The first-order chi connectivity index (χ1) is 15.4. The molecule has 0 aliphatic carbocycles. The van der Waals surface area contributed by atoms with Crippen LogP contribution in [0.1, 0.15) is 40.5 Å². The Bertz CT molecular complexity index is 916. The molecule has 0 bridgehead atoms. The van der Waals surface area contributed by atoms with Crippen LogP contribution in [0.15, 0.2) is 35.3 Å². The molecule has 2 rings (SSSR count). The average Bonchev–Trinajstić information content (AvgIpc) is 3.07. The average molecular weight is 478 g/mol. The number of carboxylic acid groups (broad SMARTS) is 1. The Morgan fingerprint density at radius 2 is 1.91 bits per heavy atom. The van der Waals surface area contributed by atoms with Crippen molar-refractivity contribution in [1.82, 2.24) is 15.1 Å². The number of amides is 4. The molecule has 1 fully saturated rings. The van der Waals surface area contributed by atoms with E-state index in [1.54, 1.807) is 32.9 Å². The lowest BCUT2D eigenvalue weighted by molar-refractivity contribution is -0.135. The second kappa shape index (κ2) is 11.2. The van der Waals surface area contributed by atoms with Crippen molar-refractivity contribution in [2.24, 2.45) is 10.7 Å². The minimum Gasteiger partial charge on any atom is -0.465 e. The normalized spacial score (nSPS) is 17.0. The summed E-state index contributed by atoms with van der Waals surface area (Å²) < 4.78 is 0. The predicted molar refractivity (Wildman–Crippen MR) is 127 cm³/mol. The maximum Gasteiger partial charge on any atom is 0.407 e. The molecule has 180 valence electrons. The molecule has 4 N–H and O–H groups in total. The van der Waals surface area contributed by atoms with Gasteiger partial charge in [0, 0.05) is 12.1 Å². The highest BCUT2D eigenvalue weighted by Gasteiger charge is 2.39. The molecule has 10 nitrogen and oxygen atoms in total. The molecule has 11 heteroatoms. The number of aliphatic imine (C=N–C) groups is 1. The number of thioether (sulfide) groups is 1.